The van der Waals surface area contributed by atoms with Crippen molar-refractivity contribution < 1.29 is 4.42 Å². The lowest BCUT2D eigenvalue weighted by atomic mass is 9.89. The standard InChI is InChI=1S/C47H29N3O/c1-2-13-32(14-3-1)45-48-46(50-47(49-45)40-20-10-9-19-38(40)43-29-35-16-6-11-21-42(35)51-43)33-24-22-31(23-25-33)44-37-18-8-5-15-34(37)28-41-36-17-7-4-12-30(36)26-27-39(41)44/h1-29H. The first-order valence-electron chi connectivity index (χ1n) is 17.1. The SMILES string of the molecule is c1ccc(-c2nc(-c3ccc(-c4c5ccccc5cc5c4ccc4ccccc45)cc3)nc(-c3ccccc3-c3cc4ccccc4o3)n2)cc1. The molecular formula is C47H29N3O. The van der Waals surface area contributed by atoms with Crippen LogP contribution in [0.5, 0.6) is 0 Å². The lowest BCUT2D eigenvalue weighted by Crippen LogP contribution is -2.01. The van der Waals surface area contributed by atoms with Gasteiger partial charge in [0, 0.05) is 27.6 Å². The molecular weight excluding hydrogens is 623 g/mol. The molecule has 10 rings (SSSR count). The van der Waals surface area contributed by atoms with Crippen molar-refractivity contribution in [3.8, 4) is 56.6 Å². The number of nitrogens with zero attached hydrogens (tertiary/aromatic N) is 3. The molecule has 8 aromatic carbocycles. The molecule has 0 aliphatic rings. The third-order valence-corrected chi connectivity index (χ3v) is 9.73. The molecule has 0 radical (unpaired) electrons. The Hall–Kier alpha value is -6.91. The fourth-order valence-electron chi connectivity index (χ4n) is 7.27. The van der Waals surface area contributed by atoms with E-state index in [4.69, 9.17) is 19.4 Å². The van der Waals surface area contributed by atoms with Gasteiger partial charge in [0.15, 0.2) is 17.5 Å². The van der Waals surface area contributed by atoms with E-state index in [2.05, 4.69) is 115 Å². The molecule has 0 atom stereocenters. The molecule has 2 heterocycles. The van der Waals surface area contributed by atoms with Gasteiger partial charge in [-0.3, -0.25) is 0 Å². The van der Waals surface area contributed by atoms with E-state index in [-0.39, 0.29) is 0 Å². The zero-order chi connectivity index (χ0) is 33.7. The van der Waals surface area contributed by atoms with Gasteiger partial charge in [0.05, 0.1) is 0 Å². The summed E-state index contributed by atoms with van der Waals surface area (Å²) in [6.45, 7) is 0. The zero-order valence-electron chi connectivity index (χ0n) is 27.5. The summed E-state index contributed by atoms with van der Waals surface area (Å²) in [7, 11) is 0. The van der Waals surface area contributed by atoms with E-state index in [1.54, 1.807) is 0 Å². The summed E-state index contributed by atoms with van der Waals surface area (Å²) in [5.41, 5.74) is 6.85. The molecule has 0 saturated heterocycles. The summed E-state index contributed by atoms with van der Waals surface area (Å²) in [6.07, 6.45) is 0. The van der Waals surface area contributed by atoms with Crippen molar-refractivity contribution in [1.29, 1.82) is 0 Å². The highest BCUT2D eigenvalue weighted by atomic mass is 16.3. The third kappa shape index (κ3) is 5.04. The van der Waals surface area contributed by atoms with E-state index in [1.165, 1.54) is 37.9 Å². The Labute approximate surface area is 294 Å². The van der Waals surface area contributed by atoms with E-state index in [1.807, 2.05) is 60.7 Å². The summed E-state index contributed by atoms with van der Waals surface area (Å²) >= 11 is 0. The summed E-state index contributed by atoms with van der Waals surface area (Å²) in [4.78, 5) is 15.2. The van der Waals surface area contributed by atoms with E-state index in [9.17, 15) is 0 Å². The minimum absolute atomic E-state index is 0.589. The number of benzene rings is 8. The van der Waals surface area contributed by atoms with Crippen LogP contribution in [0.4, 0.5) is 0 Å². The number of fused-ring (bicyclic) bond motifs is 5. The van der Waals surface area contributed by atoms with Gasteiger partial charge >= 0.3 is 0 Å². The first-order valence-corrected chi connectivity index (χ1v) is 17.1. The number of rotatable bonds is 5. The quantitative estimate of drug-likeness (QED) is 0.137. The second-order valence-corrected chi connectivity index (χ2v) is 12.8. The number of aromatic nitrogens is 3. The van der Waals surface area contributed by atoms with Crippen molar-refractivity contribution in [3.05, 3.63) is 176 Å². The van der Waals surface area contributed by atoms with Crippen molar-refractivity contribution in [1.82, 2.24) is 15.0 Å². The van der Waals surface area contributed by atoms with Gasteiger partial charge in [-0.05, 0) is 61.6 Å². The highest BCUT2D eigenvalue weighted by Crippen LogP contribution is 2.40. The lowest BCUT2D eigenvalue weighted by Gasteiger charge is -2.15. The number of para-hydroxylation sites is 1. The predicted octanol–water partition coefficient (Wildman–Crippen LogP) is 12.4. The van der Waals surface area contributed by atoms with E-state index < -0.39 is 0 Å². The van der Waals surface area contributed by atoms with E-state index >= 15 is 0 Å². The molecule has 0 aliphatic heterocycles. The molecule has 0 bridgehead atoms. The van der Waals surface area contributed by atoms with Crippen molar-refractivity contribution in [3.63, 3.8) is 0 Å². The monoisotopic (exact) mass is 651 g/mol. The molecule has 0 amide bonds. The average Bonchev–Trinajstić information content (AvgIpc) is 3.65. The molecule has 4 nitrogen and oxygen atoms in total. The molecule has 238 valence electrons. The van der Waals surface area contributed by atoms with Crippen LogP contribution in [0.3, 0.4) is 0 Å². The highest BCUT2D eigenvalue weighted by molar-refractivity contribution is 6.20. The van der Waals surface area contributed by atoms with Crippen molar-refractivity contribution in [2.45, 2.75) is 0 Å². The Morgan fingerprint density at radius 3 is 1.71 bits per heavy atom. The van der Waals surface area contributed by atoms with Crippen LogP contribution in [0.1, 0.15) is 0 Å². The van der Waals surface area contributed by atoms with E-state index in [0.29, 0.717) is 17.5 Å². The van der Waals surface area contributed by atoms with Crippen LogP contribution >= 0.6 is 0 Å². The van der Waals surface area contributed by atoms with Gasteiger partial charge in [-0.1, -0.05) is 158 Å². The van der Waals surface area contributed by atoms with Crippen LogP contribution in [-0.2, 0) is 0 Å². The first kappa shape index (κ1) is 29.0. The van der Waals surface area contributed by atoms with Gasteiger partial charge in [-0.25, -0.2) is 15.0 Å². The number of hydrogen-bond acceptors (Lipinski definition) is 4. The fraction of sp³-hybridized carbons (Fsp3) is 0. The van der Waals surface area contributed by atoms with Gasteiger partial charge < -0.3 is 4.42 Å². The van der Waals surface area contributed by atoms with Crippen molar-refractivity contribution in [2.75, 3.05) is 0 Å². The van der Waals surface area contributed by atoms with Gasteiger partial charge in [0.25, 0.3) is 0 Å². The van der Waals surface area contributed by atoms with Gasteiger partial charge in [-0.15, -0.1) is 0 Å². The van der Waals surface area contributed by atoms with Crippen molar-refractivity contribution >= 4 is 43.3 Å². The zero-order valence-corrected chi connectivity index (χ0v) is 27.5. The molecule has 2 aromatic heterocycles. The Kier molecular flexibility index (Phi) is 6.78. The van der Waals surface area contributed by atoms with Gasteiger partial charge in [-0.2, -0.15) is 0 Å². The van der Waals surface area contributed by atoms with Crippen LogP contribution in [0.2, 0.25) is 0 Å². The van der Waals surface area contributed by atoms with Crippen LogP contribution in [-0.4, -0.2) is 15.0 Å². The molecule has 0 unspecified atom stereocenters. The van der Waals surface area contributed by atoms with Crippen LogP contribution in [0, 0.1) is 0 Å². The topological polar surface area (TPSA) is 51.8 Å². The van der Waals surface area contributed by atoms with Gasteiger partial charge in [0.1, 0.15) is 11.3 Å². The molecule has 51 heavy (non-hydrogen) atoms. The van der Waals surface area contributed by atoms with Crippen LogP contribution in [0.25, 0.3) is 99.9 Å². The Balaban J connectivity index is 1.13. The normalized spacial score (nSPS) is 11.5. The molecule has 0 N–H and O–H groups in total. The maximum atomic E-state index is 6.31. The molecule has 0 fully saturated rings. The smallest absolute Gasteiger partial charge is 0.164 e. The number of hydrogen-bond donors (Lipinski definition) is 0. The van der Waals surface area contributed by atoms with Crippen LogP contribution < -0.4 is 0 Å². The Bertz CT molecular complexity index is 2880. The second-order valence-electron chi connectivity index (χ2n) is 12.8. The molecule has 10 aromatic rings. The van der Waals surface area contributed by atoms with Gasteiger partial charge in [0.2, 0.25) is 0 Å². The minimum Gasteiger partial charge on any atom is -0.456 e. The summed E-state index contributed by atoms with van der Waals surface area (Å²) in [5, 5.41) is 8.48. The Morgan fingerprint density at radius 1 is 0.333 bits per heavy atom. The average molecular weight is 652 g/mol. The number of furan rings is 1. The maximum Gasteiger partial charge on any atom is 0.164 e. The highest BCUT2D eigenvalue weighted by Gasteiger charge is 2.18. The summed E-state index contributed by atoms with van der Waals surface area (Å²) < 4.78 is 6.31. The maximum absolute atomic E-state index is 6.31. The second kappa shape index (κ2) is 11.9. The fourth-order valence-corrected chi connectivity index (χ4v) is 7.27. The summed E-state index contributed by atoms with van der Waals surface area (Å²) in [5.74, 6) is 2.59. The van der Waals surface area contributed by atoms with Crippen molar-refractivity contribution in [2.24, 2.45) is 0 Å². The summed E-state index contributed by atoms with van der Waals surface area (Å²) in [6, 6.07) is 61.1. The Morgan fingerprint density at radius 2 is 0.922 bits per heavy atom. The third-order valence-electron chi connectivity index (χ3n) is 9.73. The minimum atomic E-state index is 0.589. The largest absolute Gasteiger partial charge is 0.456 e. The van der Waals surface area contributed by atoms with E-state index in [0.717, 1.165) is 44.5 Å². The molecule has 4 heteroatoms. The van der Waals surface area contributed by atoms with Crippen LogP contribution in [0.15, 0.2) is 180 Å². The predicted molar refractivity (Wildman–Crippen MR) is 209 cm³/mol. The molecule has 0 spiro atoms. The first-order chi connectivity index (χ1) is 25.3. The molecule has 0 aliphatic carbocycles. The molecule has 0 saturated carbocycles. The lowest BCUT2D eigenvalue weighted by molar-refractivity contribution is 0.631.